The van der Waals surface area contributed by atoms with E-state index in [1.54, 1.807) is 6.07 Å². The number of ether oxygens (including phenoxy) is 1. The first-order valence-corrected chi connectivity index (χ1v) is 5.56. The number of amides is 1. The van der Waals surface area contributed by atoms with Gasteiger partial charge in [0.05, 0.1) is 19.0 Å². The van der Waals surface area contributed by atoms with Gasteiger partial charge in [-0.25, -0.2) is 9.78 Å². The molecule has 0 aromatic carbocycles. The van der Waals surface area contributed by atoms with Crippen LogP contribution < -0.4 is 11.1 Å². The summed E-state index contributed by atoms with van der Waals surface area (Å²) < 4.78 is 4.64. The average Bonchev–Trinajstić information content (AvgIpc) is 2.35. The summed E-state index contributed by atoms with van der Waals surface area (Å²) in [5, 5.41) is 2.59. The van der Waals surface area contributed by atoms with Crippen molar-refractivity contribution in [2.45, 2.75) is 19.9 Å². The van der Waals surface area contributed by atoms with E-state index < -0.39 is 17.9 Å². The van der Waals surface area contributed by atoms with Gasteiger partial charge in [0.15, 0.2) is 0 Å². The number of anilines is 1. The lowest BCUT2D eigenvalue weighted by atomic mass is 10.0. The fraction of sp³-hybridized carbons (Fsp3) is 0.417. The zero-order chi connectivity index (χ0) is 13.7. The number of aromatic nitrogens is 1. The Kier molecular flexibility index (Phi) is 6.85. The minimum Gasteiger partial charge on any atom is -0.467 e. The summed E-state index contributed by atoms with van der Waals surface area (Å²) in [6.45, 7) is 3.64. The summed E-state index contributed by atoms with van der Waals surface area (Å²) >= 11 is 0. The zero-order valence-corrected chi connectivity index (χ0v) is 11.9. The average molecular weight is 288 g/mol. The number of nitrogens with two attached hydrogens (primary N) is 1. The number of halogens is 1. The van der Waals surface area contributed by atoms with Crippen LogP contribution in [0, 0.1) is 5.92 Å². The highest BCUT2D eigenvalue weighted by Crippen LogP contribution is 2.06. The summed E-state index contributed by atoms with van der Waals surface area (Å²) in [6.07, 6.45) is 1.39. The van der Waals surface area contributed by atoms with E-state index in [-0.39, 0.29) is 24.0 Å². The van der Waals surface area contributed by atoms with Crippen molar-refractivity contribution in [3.8, 4) is 0 Å². The van der Waals surface area contributed by atoms with Crippen LogP contribution in [0.15, 0.2) is 18.3 Å². The highest BCUT2D eigenvalue weighted by Gasteiger charge is 2.25. The van der Waals surface area contributed by atoms with E-state index in [1.807, 2.05) is 13.8 Å². The van der Waals surface area contributed by atoms with E-state index in [0.717, 1.165) is 0 Å². The standard InChI is InChI=1S/C12H17N3O3.ClH/c1-7(2)10(12(17)18-3)15-11(16)9-5-4-8(13)6-14-9;/h4-7,10H,13H2,1-3H3,(H,15,16);1H. The lowest BCUT2D eigenvalue weighted by Crippen LogP contribution is -2.45. The molecule has 0 aliphatic heterocycles. The number of hydrogen-bond donors (Lipinski definition) is 2. The predicted octanol–water partition coefficient (Wildman–Crippen LogP) is 1.01. The third-order valence-corrected chi connectivity index (χ3v) is 2.43. The molecule has 7 heteroatoms. The SMILES string of the molecule is COC(=O)C(NC(=O)c1ccc(N)cn1)C(C)C.Cl. The van der Waals surface area contributed by atoms with Gasteiger partial charge in [-0.3, -0.25) is 4.79 Å². The maximum atomic E-state index is 11.9. The van der Waals surface area contributed by atoms with Gasteiger partial charge in [-0.1, -0.05) is 13.8 Å². The molecule has 106 valence electrons. The Balaban J connectivity index is 0.00000324. The lowest BCUT2D eigenvalue weighted by Gasteiger charge is -2.19. The smallest absolute Gasteiger partial charge is 0.328 e. The number of methoxy groups -OCH3 is 1. The second-order valence-electron chi connectivity index (χ2n) is 4.20. The third kappa shape index (κ3) is 4.75. The number of nitrogen functional groups attached to an aromatic ring is 1. The number of rotatable bonds is 4. The van der Waals surface area contributed by atoms with E-state index in [9.17, 15) is 9.59 Å². The van der Waals surface area contributed by atoms with Crippen molar-refractivity contribution in [3.63, 3.8) is 0 Å². The third-order valence-electron chi connectivity index (χ3n) is 2.43. The van der Waals surface area contributed by atoms with Crippen molar-refractivity contribution in [1.82, 2.24) is 10.3 Å². The minimum atomic E-state index is -0.693. The molecule has 1 unspecified atom stereocenters. The van der Waals surface area contributed by atoms with E-state index in [2.05, 4.69) is 15.0 Å². The predicted molar refractivity (Wildman–Crippen MR) is 74.0 cm³/mol. The molecule has 1 rings (SSSR count). The molecule has 0 saturated heterocycles. The molecule has 0 aliphatic rings. The van der Waals surface area contributed by atoms with Crippen molar-refractivity contribution in [2.75, 3.05) is 12.8 Å². The minimum absolute atomic E-state index is 0. The van der Waals surface area contributed by atoms with Crippen LogP contribution >= 0.6 is 12.4 Å². The van der Waals surface area contributed by atoms with Crippen LogP contribution in [0.2, 0.25) is 0 Å². The molecule has 0 aliphatic carbocycles. The Labute approximate surface area is 118 Å². The maximum Gasteiger partial charge on any atom is 0.328 e. The molecule has 0 spiro atoms. The van der Waals surface area contributed by atoms with E-state index in [4.69, 9.17) is 5.73 Å². The molecule has 1 aromatic heterocycles. The number of hydrogen-bond acceptors (Lipinski definition) is 5. The molecular formula is C12H18ClN3O3. The second-order valence-corrected chi connectivity index (χ2v) is 4.20. The zero-order valence-electron chi connectivity index (χ0n) is 11.0. The van der Waals surface area contributed by atoms with Gasteiger partial charge in [-0.05, 0) is 18.1 Å². The molecule has 0 saturated carbocycles. The molecule has 0 fully saturated rings. The van der Waals surface area contributed by atoms with Crippen LogP contribution in [0.4, 0.5) is 5.69 Å². The first-order chi connectivity index (χ1) is 8.45. The summed E-state index contributed by atoms with van der Waals surface area (Å²) in [7, 11) is 1.28. The molecule has 1 heterocycles. The summed E-state index contributed by atoms with van der Waals surface area (Å²) in [4.78, 5) is 27.3. The Bertz CT molecular complexity index is 434. The number of pyridine rings is 1. The van der Waals surface area contributed by atoms with Crippen LogP contribution in [0.3, 0.4) is 0 Å². The number of carbonyl (C=O) groups excluding carboxylic acids is 2. The molecule has 0 radical (unpaired) electrons. The topological polar surface area (TPSA) is 94.3 Å². The molecule has 1 atom stereocenters. The van der Waals surface area contributed by atoms with Crippen LogP contribution in [0.1, 0.15) is 24.3 Å². The Morgan fingerprint density at radius 2 is 2.00 bits per heavy atom. The van der Waals surface area contributed by atoms with Gasteiger partial charge >= 0.3 is 5.97 Å². The highest BCUT2D eigenvalue weighted by molar-refractivity contribution is 5.95. The molecule has 3 N–H and O–H groups in total. The Morgan fingerprint density at radius 1 is 1.37 bits per heavy atom. The van der Waals surface area contributed by atoms with Gasteiger partial charge < -0.3 is 15.8 Å². The van der Waals surface area contributed by atoms with Gasteiger partial charge in [0.2, 0.25) is 0 Å². The van der Waals surface area contributed by atoms with Crippen LogP contribution in [-0.4, -0.2) is 30.0 Å². The molecule has 1 amide bonds. The largest absolute Gasteiger partial charge is 0.467 e. The van der Waals surface area contributed by atoms with Crippen LogP contribution in [0.25, 0.3) is 0 Å². The fourth-order valence-electron chi connectivity index (χ4n) is 1.38. The lowest BCUT2D eigenvalue weighted by molar-refractivity contribution is -0.144. The highest BCUT2D eigenvalue weighted by atomic mass is 35.5. The first-order valence-electron chi connectivity index (χ1n) is 5.56. The molecule has 6 nitrogen and oxygen atoms in total. The number of nitrogens with zero attached hydrogens (tertiary/aromatic N) is 1. The summed E-state index contributed by atoms with van der Waals surface area (Å²) in [6, 6.07) is 2.38. The first kappa shape index (κ1) is 17.2. The Hall–Kier alpha value is -1.82. The van der Waals surface area contributed by atoms with Crippen molar-refractivity contribution in [1.29, 1.82) is 0 Å². The second kappa shape index (κ2) is 7.58. The van der Waals surface area contributed by atoms with Crippen LogP contribution in [0.5, 0.6) is 0 Å². The molecular weight excluding hydrogens is 270 g/mol. The van der Waals surface area contributed by atoms with Crippen molar-refractivity contribution < 1.29 is 14.3 Å². The van der Waals surface area contributed by atoms with Crippen LogP contribution in [-0.2, 0) is 9.53 Å². The van der Waals surface area contributed by atoms with E-state index >= 15 is 0 Å². The number of carbonyl (C=O) groups is 2. The van der Waals surface area contributed by atoms with Gasteiger partial charge in [-0.15, -0.1) is 12.4 Å². The maximum absolute atomic E-state index is 11.9. The van der Waals surface area contributed by atoms with Crippen molar-refractivity contribution >= 4 is 30.0 Å². The Morgan fingerprint density at radius 3 is 2.42 bits per heavy atom. The number of nitrogens with one attached hydrogen (secondary N) is 1. The normalized spacial score (nSPS) is 11.4. The molecule has 19 heavy (non-hydrogen) atoms. The van der Waals surface area contributed by atoms with Gasteiger partial charge in [-0.2, -0.15) is 0 Å². The molecule has 1 aromatic rings. The van der Waals surface area contributed by atoms with Gasteiger partial charge in [0, 0.05) is 0 Å². The van der Waals surface area contributed by atoms with Crippen molar-refractivity contribution in [2.24, 2.45) is 5.92 Å². The van der Waals surface area contributed by atoms with E-state index in [1.165, 1.54) is 19.4 Å². The van der Waals surface area contributed by atoms with Gasteiger partial charge in [0.1, 0.15) is 11.7 Å². The fourth-order valence-corrected chi connectivity index (χ4v) is 1.38. The van der Waals surface area contributed by atoms with Gasteiger partial charge in [0.25, 0.3) is 5.91 Å². The number of esters is 1. The summed E-state index contributed by atoms with van der Waals surface area (Å²) in [5.41, 5.74) is 6.16. The monoisotopic (exact) mass is 287 g/mol. The van der Waals surface area contributed by atoms with Crippen molar-refractivity contribution in [3.05, 3.63) is 24.0 Å². The summed E-state index contributed by atoms with van der Waals surface area (Å²) in [5.74, 6) is -0.983. The molecule has 0 bridgehead atoms. The quantitative estimate of drug-likeness (QED) is 0.806. The van der Waals surface area contributed by atoms with E-state index in [0.29, 0.717) is 5.69 Å².